The average Bonchev–Trinajstić information content (AvgIpc) is 1.97. The molecule has 0 aromatic heterocycles. The molecule has 0 heterocycles. The number of hydrogen-bond acceptors (Lipinski definition) is 1. The average molecular weight is 226 g/mol. The molecule has 0 spiro atoms. The Balaban J connectivity index is 3.74. The standard InChI is InChI=1S/C9H17F3N2O/c1-6(2)4-7(3)14-8(15)13-5-9(10,11)12/h6-7H,4-5H2,1-3H3,(H2,13,14,15). The monoisotopic (exact) mass is 226 g/mol. The molecule has 0 radical (unpaired) electrons. The summed E-state index contributed by atoms with van der Waals surface area (Å²) in [5, 5.41) is 4.19. The molecule has 1 atom stereocenters. The number of hydrogen-bond donors (Lipinski definition) is 2. The first-order valence-corrected chi connectivity index (χ1v) is 4.82. The Labute approximate surface area is 87.4 Å². The van der Waals surface area contributed by atoms with Crippen LogP contribution in [0.4, 0.5) is 18.0 Å². The topological polar surface area (TPSA) is 41.1 Å². The SMILES string of the molecule is CC(C)CC(C)NC(=O)NCC(F)(F)F. The summed E-state index contributed by atoms with van der Waals surface area (Å²) < 4.78 is 35.2. The Morgan fingerprint density at radius 1 is 1.27 bits per heavy atom. The Morgan fingerprint density at radius 2 is 1.80 bits per heavy atom. The first kappa shape index (κ1) is 14.1. The summed E-state index contributed by atoms with van der Waals surface area (Å²) in [4.78, 5) is 11.0. The second kappa shape index (κ2) is 5.82. The van der Waals surface area contributed by atoms with E-state index in [1.807, 2.05) is 13.8 Å². The van der Waals surface area contributed by atoms with E-state index < -0.39 is 18.8 Å². The van der Waals surface area contributed by atoms with Crippen molar-refractivity contribution < 1.29 is 18.0 Å². The molecule has 2 amide bonds. The van der Waals surface area contributed by atoms with Gasteiger partial charge in [0.05, 0.1) is 0 Å². The number of urea groups is 1. The molecule has 0 aliphatic heterocycles. The van der Waals surface area contributed by atoms with Crippen molar-refractivity contribution in [1.29, 1.82) is 0 Å². The molecule has 0 saturated carbocycles. The third-order valence-electron chi connectivity index (χ3n) is 1.65. The summed E-state index contributed by atoms with van der Waals surface area (Å²) in [6, 6.07) is -0.904. The number of nitrogens with one attached hydrogen (secondary N) is 2. The van der Waals surface area contributed by atoms with Gasteiger partial charge in [0.15, 0.2) is 0 Å². The van der Waals surface area contributed by atoms with Gasteiger partial charge in [-0.2, -0.15) is 13.2 Å². The highest BCUT2D eigenvalue weighted by molar-refractivity contribution is 5.74. The molecule has 0 rings (SSSR count). The summed E-state index contributed by atoms with van der Waals surface area (Å²) in [7, 11) is 0. The van der Waals surface area contributed by atoms with Crippen LogP contribution in [0.1, 0.15) is 27.2 Å². The van der Waals surface area contributed by atoms with Gasteiger partial charge in [-0.3, -0.25) is 0 Å². The number of amides is 2. The lowest BCUT2D eigenvalue weighted by Crippen LogP contribution is -2.44. The van der Waals surface area contributed by atoms with Crippen LogP contribution in [0.3, 0.4) is 0 Å². The zero-order valence-electron chi connectivity index (χ0n) is 9.11. The minimum Gasteiger partial charge on any atom is -0.336 e. The predicted octanol–water partition coefficient (Wildman–Crippen LogP) is 2.28. The predicted molar refractivity (Wildman–Crippen MR) is 51.5 cm³/mol. The van der Waals surface area contributed by atoms with Crippen LogP contribution < -0.4 is 10.6 Å². The van der Waals surface area contributed by atoms with E-state index >= 15 is 0 Å². The Bertz CT molecular complexity index is 204. The molecule has 0 aliphatic carbocycles. The fourth-order valence-electron chi connectivity index (χ4n) is 1.22. The molecule has 0 fully saturated rings. The van der Waals surface area contributed by atoms with Crippen LogP contribution in [0.5, 0.6) is 0 Å². The molecular formula is C9H17F3N2O. The molecule has 0 aromatic rings. The van der Waals surface area contributed by atoms with Gasteiger partial charge >= 0.3 is 12.2 Å². The highest BCUT2D eigenvalue weighted by Crippen LogP contribution is 2.12. The maximum Gasteiger partial charge on any atom is 0.405 e. The van der Waals surface area contributed by atoms with E-state index in [1.165, 1.54) is 0 Å². The van der Waals surface area contributed by atoms with Crippen molar-refractivity contribution in [2.45, 2.75) is 39.4 Å². The molecule has 2 N–H and O–H groups in total. The fraction of sp³-hybridized carbons (Fsp3) is 0.889. The van der Waals surface area contributed by atoms with E-state index in [1.54, 1.807) is 12.2 Å². The van der Waals surface area contributed by atoms with Gasteiger partial charge in [-0.25, -0.2) is 4.79 Å². The summed E-state index contributed by atoms with van der Waals surface area (Å²) in [5.74, 6) is 0.392. The minimum atomic E-state index is -4.36. The lowest BCUT2D eigenvalue weighted by molar-refractivity contribution is -0.122. The van der Waals surface area contributed by atoms with Gasteiger partial charge in [-0.1, -0.05) is 13.8 Å². The van der Waals surface area contributed by atoms with Crippen molar-refractivity contribution in [3.8, 4) is 0 Å². The number of halogens is 3. The Morgan fingerprint density at radius 3 is 2.20 bits per heavy atom. The van der Waals surface area contributed by atoms with Gasteiger partial charge in [-0.05, 0) is 19.3 Å². The maximum atomic E-state index is 11.7. The van der Waals surface area contributed by atoms with Crippen molar-refractivity contribution in [2.24, 2.45) is 5.92 Å². The van der Waals surface area contributed by atoms with Crippen molar-refractivity contribution in [2.75, 3.05) is 6.54 Å². The van der Waals surface area contributed by atoms with Crippen LogP contribution in [0.2, 0.25) is 0 Å². The van der Waals surface area contributed by atoms with Gasteiger partial charge in [0, 0.05) is 6.04 Å². The molecular weight excluding hydrogens is 209 g/mol. The zero-order valence-corrected chi connectivity index (χ0v) is 9.11. The number of carbonyl (C=O) groups is 1. The molecule has 6 heteroatoms. The number of alkyl halides is 3. The molecule has 0 aromatic carbocycles. The van der Waals surface area contributed by atoms with Gasteiger partial charge < -0.3 is 10.6 Å². The van der Waals surface area contributed by atoms with E-state index in [4.69, 9.17) is 0 Å². The Kier molecular flexibility index (Phi) is 5.46. The number of carbonyl (C=O) groups excluding carboxylic acids is 1. The lowest BCUT2D eigenvalue weighted by atomic mass is 10.1. The second-order valence-corrected chi connectivity index (χ2v) is 3.97. The van der Waals surface area contributed by atoms with Crippen molar-refractivity contribution >= 4 is 6.03 Å². The number of rotatable bonds is 4. The summed E-state index contributed by atoms with van der Waals surface area (Å²) in [5.41, 5.74) is 0. The third-order valence-corrected chi connectivity index (χ3v) is 1.65. The van der Waals surface area contributed by atoms with E-state index in [2.05, 4.69) is 5.32 Å². The highest BCUT2D eigenvalue weighted by Gasteiger charge is 2.27. The van der Waals surface area contributed by atoms with Crippen LogP contribution in [0, 0.1) is 5.92 Å². The van der Waals surface area contributed by atoms with E-state index in [0.717, 1.165) is 6.42 Å². The molecule has 0 bridgehead atoms. The van der Waals surface area contributed by atoms with Gasteiger partial charge in [0.2, 0.25) is 0 Å². The third kappa shape index (κ3) is 9.37. The first-order chi connectivity index (χ1) is 6.70. The summed E-state index contributed by atoms with van der Waals surface area (Å²) >= 11 is 0. The van der Waals surface area contributed by atoms with E-state index in [-0.39, 0.29) is 6.04 Å². The van der Waals surface area contributed by atoms with Crippen LogP contribution in [0.25, 0.3) is 0 Å². The van der Waals surface area contributed by atoms with E-state index in [0.29, 0.717) is 5.92 Å². The largest absolute Gasteiger partial charge is 0.405 e. The molecule has 90 valence electrons. The van der Waals surface area contributed by atoms with Gasteiger partial charge in [0.1, 0.15) is 6.54 Å². The van der Waals surface area contributed by atoms with E-state index in [9.17, 15) is 18.0 Å². The summed E-state index contributed by atoms with van der Waals surface area (Å²) in [6.07, 6.45) is -3.63. The van der Waals surface area contributed by atoms with Crippen LogP contribution >= 0.6 is 0 Å². The molecule has 0 aliphatic rings. The van der Waals surface area contributed by atoms with Gasteiger partial charge in [0.25, 0.3) is 0 Å². The first-order valence-electron chi connectivity index (χ1n) is 4.82. The quantitative estimate of drug-likeness (QED) is 0.758. The highest BCUT2D eigenvalue weighted by atomic mass is 19.4. The fourth-order valence-corrected chi connectivity index (χ4v) is 1.22. The van der Waals surface area contributed by atoms with Crippen LogP contribution in [-0.4, -0.2) is 24.8 Å². The summed E-state index contributed by atoms with van der Waals surface area (Å²) in [6.45, 7) is 4.41. The smallest absolute Gasteiger partial charge is 0.336 e. The van der Waals surface area contributed by atoms with Crippen molar-refractivity contribution in [3.63, 3.8) is 0 Å². The van der Waals surface area contributed by atoms with Crippen LogP contribution in [0.15, 0.2) is 0 Å². The Hall–Kier alpha value is -0.940. The minimum absolute atomic E-state index is 0.127. The molecule has 0 saturated heterocycles. The second-order valence-electron chi connectivity index (χ2n) is 3.97. The maximum absolute atomic E-state index is 11.7. The van der Waals surface area contributed by atoms with Crippen molar-refractivity contribution in [3.05, 3.63) is 0 Å². The molecule has 15 heavy (non-hydrogen) atoms. The zero-order chi connectivity index (χ0) is 12.1. The van der Waals surface area contributed by atoms with Crippen LogP contribution in [-0.2, 0) is 0 Å². The lowest BCUT2D eigenvalue weighted by Gasteiger charge is -2.16. The molecule has 3 nitrogen and oxygen atoms in total. The van der Waals surface area contributed by atoms with Crippen molar-refractivity contribution in [1.82, 2.24) is 10.6 Å². The molecule has 1 unspecified atom stereocenters. The van der Waals surface area contributed by atoms with Gasteiger partial charge in [-0.15, -0.1) is 0 Å². The normalized spacial score (nSPS) is 13.8.